The number of carbonyl (C=O) groups excluding carboxylic acids is 1. The van der Waals surface area contributed by atoms with Crippen molar-refractivity contribution in [2.45, 2.75) is 0 Å². The van der Waals surface area contributed by atoms with Gasteiger partial charge in [-0.3, -0.25) is 4.79 Å². The van der Waals surface area contributed by atoms with Gasteiger partial charge in [-0.25, -0.2) is 0 Å². The summed E-state index contributed by atoms with van der Waals surface area (Å²) in [5.74, 6) is -0.0152. The van der Waals surface area contributed by atoms with Crippen molar-refractivity contribution >= 4 is 36.7 Å². The average Bonchev–Trinajstić information content (AvgIpc) is 2.88. The molecule has 1 atom stereocenters. The number of fused-ring (bicyclic) bond motifs is 3. The normalized spacial score (nSPS) is 12.0. The lowest BCUT2D eigenvalue weighted by atomic mass is 10.0. The molecule has 0 saturated carbocycles. The van der Waals surface area contributed by atoms with Crippen LogP contribution in [0.25, 0.3) is 20.2 Å². The first-order valence-electron chi connectivity index (χ1n) is 7.01. The highest BCUT2D eigenvalue weighted by Gasteiger charge is 2.17. The van der Waals surface area contributed by atoms with Crippen molar-refractivity contribution in [1.82, 2.24) is 0 Å². The summed E-state index contributed by atoms with van der Waals surface area (Å²) in [4.78, 5) is 12.6. The van der Waals surface area contributed by atoms with Gasteiger partial charge in [-0.1, -0.05) is 42.5 Å². The smallest absolute Gasteiger partial charge is 0.193 e. The molecule has 0 aliphatic rings. The summed E-state index contributed by atoms with van der Waals surface area (Å²) in [5.41, 5.74) is 1.29. The highest BCUT2D eigenvalue weighted by atomic mass is 32.2. The number of carbonyl (C=O) groups is 1. The molecule has 3 heteroatoms. The van der Waals surface area contributed by atoms with Gasteiger partial charge in [0.25, 0.3) is 0 Å². The van der Waals surface area contributed by atoms with Crippen molar-refractivity contribution in [2.24, 2.45) is 0 Å². The molecule has 1 aromatic heterocycles. The Morgan fingerprint density at radius 1 is 0.727 bits per heavy atom. The second-order valence-electron chi connectivity index (χ2n) is 5.17. The molecular weight excluding hydrogens is 292 g/mol. The van der Waals surface area contributed by atoms with Crippen LogP contribution in [0.1, 0.15) is 15.9 Å². The summed E-state index contributed by atoms with van der Waals surface area (Å²) in [5, 5.41) is 1.86. The Morgan fingerprint density at radius 3 is 2.23 bits per heavy atom. The lowest BCUT2D eigenvalue weighted by molar-refractivity contribution is 0.103. The highest BCUT2D eigenvalue weighted by molar-refractivity contribution is 7.37. The molecule has 0 amide bonds. The van der Waals surface area contributed by atoms with E-state index in [0.29, 0.717) is 11.1 Å². The van der Waals surface area contributed by atoms with Crippen LogP contribution >= 0.6 is 10.8 Å². The number of hydrogen-bond donors (Lipinski definition) is 0. The second-order valence-corrected chi connectivity index (χ2v) is 6.59. The van der Waals surface area contributed by atoms with Gasteiger partial charge in [0.15, 0.2) is 15.2 Å². The number of hydrogen-bond acceptors (Lipinski definition) is 2. The van der Waals surface area contributed by atoms with E-state index in [0.717, 1.165) is 20.2 Å². The Morgan fingerprint density at radius 2 is 1.41 bits per heavy atom. The zero-order valence-electron chi connectivity index (χ0n) is 11.7. The molecule has 4 aromatic rings. The van der Waals surface area contributed by atoms with Crippen LogP contribution in [-0.4, -0.2) is 10.3 Å². The molecular formula is C19H12O2S. The zero-order valence-corrected chi connectivity index (χ0v) is 12.5. The van der Waals surface area contributed by atoms with Crippen LogP contribution < -0.4 is 0 Å². The molecule has 1 heterocycles. The zero-order chi connectivity index (χ0) is 15.1. The molecule has 0 bridgehead atoms. The van der Waals surface area contributed by atoms with Crippen molar-refractivity contribution in [1.29, 1.82) is 0 Å². The lowest BCUT2D eigenvalue weighted by Gasteiger charge is -2.01. The summed E-state index contributed by atoms with van der Waals surface area (Å²) in [6.45, 7) is 0. The Kier molecular flexibility index (Phi) is 3.03. The van der Waals surface area contributed by atoms with Gasteiger partial charge >= 0.3 is 0 Å². The van der Waals surface area contributed by atoms with Gasteiger partial charge in [0.1, 0.15) is 0 Å². The van der Waals surface area contributed by atoms with Crippen molar-refractivity contribution < 1.29 is 9.35 Å². The summed E-state index contributed by atoms with van der Waals surface area (Å²) >= 11 is 0. The predicted molar refractivity (Wildman–Crippen MR) is 90.0 cm³/mol. The molecule has 0 aliphatic carbocycles. The van der Waals surface area contributed by atoms with Crippen LogP contribution in [0.3, 0.4) is 0 Å². The molecule has 0 fully saturated rings. The lowest BCUT2D eigenvalue weighted by Crippen LogP contribution is -2.00. The number of thiophene rings is 1. The standard InChI is InChI=1S/C19H12O2S/c20-19(13-6-2-1-3-7-13)14-10-11-18-16(12-14)15-8-4-5-9-17(15)22(18)21/h1-12H. The van der Waals surface area contributed by atoms with Gasteiger partial charge in [0, 0.05) is 21.9 Å². The first-order chi connectivity index (χ1) is 10.8. The molecule has 0 spiro atoms. The van der Waals surface area contributed by atoms with Gasteiger partial charge in [0.05, 0.1) is 0 Å². The average molecular weight is 304 g/mol. The summed E-state index contributed by atoms with van der Waals surface area (Å²) < 4.78 is 14.1. The highest BCUT2D eigenvalue weighted by Crippen LogP contribution is 2.40. The minimum absolute atomic E-state index is 0.0152. The summed E-state index contributed by atoms with van der Waals surface area (Å²) in [6.07, 6.45) is 0. The first kappa shape index (κ1) is 13.2. The predicted octanol–water partition coefficient (Wildman–Crippen LogP) is 4.95. The van der Waals surface area contributed by atoms with E-state index in [1.165, 1.54) is 0 Å². The van der Waals surface area contributed by atoms with Crippen LogP contribution in [0.15, 0.2) is 72.8 Å². The summed E-state index contributed by atoms with van der Waals surface area (Å²) in [7, 11) is -1.15. The molecule has 0 saturated heterocycles. The maximum Gasteiger partial charge on any atom is 0.193 e. The van der Waals surface area contributed by atoms with Crippen molar-refractivity contribution in [2.75, 3.05) is 0 Å². The maximum absolute atomic E-state index is 12.6. The monoisotopic (exact) mass is 304 g/mol. The Bertz CT molecular complexity index is 1000. The Balaban J connectivity index is 1.94. The van der Waals surface area contributed by atoms with Crippen LogP contribution in [0.2, 0.25) is 0 Å². The van der Waals surface area contributed by atoms with E-state index in [1.54, 1.807) is 6.07 Å². The molecule has 1 unspecified atom stereocenters. The number of ketones is 1. The van der Waals surface area contributed by atoms with Crippen molar-refractivity contribution in [3.05, 3.63) is 83.9 Å². The Hall–Kier alpha value is -2.49. The molecule has 22 heavy (non-hydrogen) atoms. The van der Waals surface area contributed by atoms with Crippen molar-refractivity contribution in [3.63, 3.8) is 0 Å². The fourth-order valence-corrected chi connectivity index (χ4v) is 4.15. The van der Waals surface area contributed by atoms with Gasteiger partial charge in [-0.15, -0.1) is 0 Å². The van der Waals surface area contributed by atoms with Crippen LogP contribution in [0.4, 0.5) is 0 Å². The third kappa shape index (κ3) is 1.95. The van der Waals surface area contributed by atoms with E-state index < -0.39 is 10.8 Å². The Labute approximate surface area is 130 Å². The number of rotatable bonds is 2. The topological polar surface area (TPSA) is 40.1 Å². The largest absolute Gasteiger partial charge is 0.590 e. The minimum atomic E-state index is -1.15. The van der Waals surface area contributed by atoms with Gasteiger partial charge in [0.2, 0.25) is 0 Å². The first-order valence-corrected chi connectivity index (χ1v) is 8.15. The SMILES string of the molecule is O=C(c1ccccc1)c1ccc2c(c1)c1ccccc1[s+]2[O-]. The third-order valence-corrected chi connectivity index (χ3v) is 5.37. The van der Waals surface area contributed by atoms with Crippen LogP contribution in [0, 0.1) is 0 Å². The summed E-state index contributed by atoms with van der Waals surface area (Å²) in [6, 6.07) is 22.3. The van der Waals surface area contributed by atoms with E-state index in [1.807, 2.05) is 66.7 Å². The minimum Gasteiger partial charge on any atom is -0.590 e. The second kappa shape index (κ2) is 5.05. The van der Waals surface area contributed by atoms with E-state index in [-0.39, 0.29) is 5.78 Å². The van der Waals surface area contributed by atoms with Crippen molar-refractivity contribution in [3.8, 4) is 0 Å². The molecule has 4 rings (SSSR count). The molecule has 0 aliphatic heterocycles. The molecule has 0 N–H and O–H groups in total. The maximum atomic E-state index is 12.6. The third-order valence-electron chi connectivity index (χ3n) is 3.85. The molecule has 2 nitrogen and oxygen atoms in total. The van der Waals surface area contributed by atoms with Gasteiger partial charge in [-0.2, -0.15) is 0 Å². The van der Waals surface area contributed by atoms with Crippen LogP contribution in [0.5, 0.6) is 0 Å². The quantitative estimate of drug-likeness (QED) is 0.388. The fraction of sp³-hybridized carbons (Fsp3) is 0. The van der Waals surface area contributed by atoms with E-state index in [4.69, 9.17) is 0 Å². The van der Waals surface area contributed by atoms with E-state index >= 15 is 0 Å². The molecule has 3 aromatic carbocycles. The van der Waals surface area contributed by atoms with Gasteiger partial charge < -0.3 is 4.55 Å². The molecule has 106 valence electrons. The van der Waals surface area contributed by atoms with Crippen LogP contribution in [-0.2, 0) is 0 Å². The van der Waals surface area contributed by atoms with Gasteiger partial charge in [-0.05, 0) is 41.1 Å². The molecule has 0 radical (unpaired) electrons. The van der Waals surface area contributed by atoms with E-state index in [2.05, 4.69) is 0 Å². The number of benzene rings is 3. The van der Waals surface area contributed by atoms with E-state index in [9.17, 15) is 9.35 Å². The fourth-order valence-electron chi connectivity index (χ4n) is 2.77.